The lowest BCUT2D eigenvalue weighted by molar-refractivity contribution is -0.132. The average Bonchev–Trinajstić information content (AvgIpc) is 2.69. The molecule has 0 N–H and O–H groups in total. The zero-order valence-electron chi connectivity index (χ0n) is 15.2. The molecular weight excluding hydrogens is 367 g/mol. The summed E-state index contributed by atoms with van der Waals surface area (Å²) in [6.07, 6.45) is 0.398. The number of sulfonamides is 1. The third kappa shape index (κ3) is 4.54. The maximum atomic E-state index is 13.0. The molecule has 0 aromatic heterocycles. The van der Waals surface area contributed by atoms with Crippen LogP contribution in [0.2, 0.25) is 0 Å². The van der Waals surface area contributed by atoms with E-state index in [-0.39, 0.29) is 29.8 Å². The summed E-state index contributed by atoms with van der Waals surface area (Å²) in [7, 11) is -3.67. The molecule has 0 spiro atoms. The fraction of sp³-hybridized carbons (Fsp3) is 0.350. The first-order valence-corrected chi connectivity index (χ1v) is 10.4. The Morgan fingerprint density at radius 3 is 2.19 bits per heavy atom. The normalized spacial score (nSPS) is 16.9. The maximum absolute atomic E-state index is 13.0. The van der Waals surface area contributed by atoms with Gasteiger partial charge in [0.25, 0.3) is 0 Å². The number of hydrogen-bond acceptors (Lipinski definition) is 3. The van der Waals surface area contributed by atoms with Crippen LogP contribution in [0.5, 0.6) is 0 Å². The van der Waals surface area contributed by atoms with E-state index in [4.69, 9.17) is 0 Å². The van der Waals surface area contributed by atoms with Gasteiger partial charge in [0.1, 0.15) is 5.82 Å². The van der Waals surface area contributed by atoms with Crippen LogP contribution in [-0.4, -0.2) is 49.7 Å². The number of hydrogen-bond donors (Lipinski definition) is 0. The van der Waals surface area contributed by atoms with Crippen molar-refractivity contribution in [1.29, 1.82) is 0 Å². The van der Waals surface area contributed by atoms with Crippen molar-refractivity contribution < 1.29 is 17.6 Å². The van der Waals surface area contributed by atoms with Crippen LogP contribution in [0.15, 0.2) is 59.5 Å². The molecule has 2 aromatic rings. The second-order valence-corrected chi connectivity index (χ2v) is 8.69. The van der Waals surface area contributed by atoms with Crippen molar-refractivity contribution in [2.75, 3.05) is 26.2 Å². The largest absolute Gasteiger partial charge is 0.340 e. The van der Waals surface area contributed by atoms with Gasteiger partial charge in [0, 0.05) is 32.6 Å². The summed E-state index contributed by atoms with van der Waals surface area (Å²) in [5, 5.41) is 0. The Balaban J connectivity index is 1.58. The first-order chi connectivity index (χ1) is 12.9. The van der Waals surface area contributed by atoms with Gasteiger partial charge in [-0.3, -0.25) is 4.79 Å². The van der Waals surface area contributed by atoms with E-state index in [9.17, 15) is 17.6 Å². The molecule has 3 rings (SSSR count). The Kier molecular flexibility index (Phi) is 5.92. The highest BCUT2D eigenvalue weighted by atomic mass is 32.2. The predicted octanol–water partition coefficient (Wildman–Crippen LogP) is 2.85. The lowest BCUT2D eigenvalue weighted by Gasteiger charge is -2.34. The van der Waals surface area contributed by atoms with E-state index in [1.165, 1.54) is 16.4 Å². The van der Waals surface area contributed by atoms with E-state index in [0.29, 0.717) is 19.5 Å². The lowest BCUT2D eigenvalue weighted by atomic mass is 9.97. The molecule has 1 atom stereocenters. The van der Waals surface area contributed by atoms with E-state index < -0.39 is 15.8 Å². The molecule has 1 heterocycles. The standard InChI is InChI=1S/C20H23FN2O3S/c1-16(17-5-3-2-4-6-17)15-20(24)22-11-13-23(14-12-22)27(25,26)19-9-7-18(21)8-10-19/h2-10,16H,11-15H2,1H3/t16-/m0/s1. The topological polar surface area (TPSA) is 57.7 Å². The maximum Gasteiger partial charge on any atom is 0.243 e. The molecular formula is C20H23FN2O3S. The first-order valence-electron chi connectivity index (χ1n) is 8.96. The smallest absolute Gasteiger partial charge is 0.243 e. The molecule has 0 aliphatic carbocycles. The van der Waals surface area contributed by atoms with Gasteiger partial charge in [-0.15, -0.1) is 0 Å². The van der Waals surface area contributed by atoms with Crippen molar-refractivity contribution >= 4 is 15.9 Å². The van der Waals surface area contributed by atoms with Crippen LogP contribution in [0.4, 0.5) is 4.39 Å². The molecule has 0 bridgehead atoms. The molecule has 7 heteroatoms. The molecule has 1 aliphatic heterocycles. The van der Waals surface area contributed by atoms with Gasteiger partial charge in [-0.05, 0) is 35.7 Å². The summed E-state index contributed by atoms with van der Waals surface area (Å²) in [6, 6.07) is 14.7. The van der Waals surface area contributed by atoms with Crippen LogP contribution in [0, 0.1) is 5.82 Å². The highest BCUT2D eigenvalue weighted by Crippen LogP contribution is 2.22. The average molecular weight is 390 g/mol. The van der Waals surface area contributed by atoms with Crippen molar-refractivity contribution in [3.05, 3.63) is 66.0 Å². The number of carbonyl (C=O) groups is 1. The highest BCUT2D eigenvalue weighted by Gasteiger charge is 2.30. The van der Waals surface area contributed by atoms with Crippen LogP contribution in [0.1, 0.15) is 24.8 Å². The van der Waals surface area contributed by atoms with Gasteiger partial charge >= 0.3 is 0 Å². The van der Waals surface area contributed by atoms with Crippen LogP contribution in [0.25, 0.3) is 0 Å². The minimum absolute atomic E-state index is 0.0326. The van der Waals surface area contributed by atoms with Gasteiger partial charge in [0.05, 0.1) is 4.90 Å². The summed E-state index contributed by atoms with van der Waals surface area (Å²) in [5.41, 5.74) is 1.11. The summed E-state index contributed by atoms with van der Waals surface area (Å²) in [4.78, 5) is 14.4. The van der Waals surface area contributed by atoms with Gasteiger partial charge in [-0.1, -0.05) is 37.3 Å². The van der Waals surface area contributed by atoms with Crippen LogP contribution in [0.3, 0.4) is 0 Å². The summed E-state index contributed by atoms with van der Waals surface area (Å²) >= 11 is 0. The zero-order chi connectivity index (χ0) is 19.4. The molecule has 0 radical (unpaired) electrons. The predicted molar refractivity (Wildman–Crippen MR) is 101 cm³/mol. The SMILES string of the molecule is C[C@@H](CC(=O)N1CCN(S(=O)(=O)c2ccc(F)cc2)CC1)c1ccccc1. The third-order valence-electron chi connectivity index (χ3n) is 4.89. The molecule has 144 valence electrons. The number of amides is 1. The Bertz CT molecular complexity index is 877. The monoisotopic (exact) mass is 390 g/mol. The fourth-order valence-corrected chi connectivity index (χ4v) is 4.65. The number of carbonyl (C=O) groups excluding carboxylic acids is 1. The number of piperazine rings is 1. The number of halogens is 1. The summed E-state index contributed by atoms with van der Waals surface area (Å²) in [6.45, 7) is 3.22. The van der Waals surface area contributed by atoms with E-state index in [0.717, 1.165) is 17.7 Å². The number of rotatable bonds is 5. The van der Waals surface area contributed by atoms with Gasteiger partial charge in [0.15, 0.2) is 0 Å². The van der Waals surface area contributed by atoms with Crippen LogP contribution < -0.4 is 0 Å². The Hall–Kier alpha value is -2.25. The first kappa shape index (κ1) is 19.5. The second-order valence-electron chi connectivity index (χ2n) is 6.75. The minimum Gasteiger partial charge on any atom is -0.340 e. The summed E-state index contributed by atoms with van der Waals surface area (Å²) < 4.78 is 39.7. The van der Waals surface area contributed by atoms with Gasteiger partial charge in [-0.25, -0.2) is 12.8 Å². The van der Waals surface area contributed by atoms with Gasteiger partial charge < -0.3 is 4.90 Å². The molecule has 1 fully saturated rings. The molecule has 0 unspecified atom stereocenters. The molecule has 1 amide bonds. The Morgan fingerprint density at radius 1 is 1.00 bits per heavy atom. The van der Waals surface area contributed by atoms with Crippen molar-refractivity contribution in [3.63, 3.8) is 0 Å². The van der Waals surface area contributed by atoms with Crippen LogP contribution in [-0.2, 0) is 14.8 Å². The Morgan fingerprint density at radius 2 is 1.59 bits per heavy atom. The summed E-state index contributed by atoms with van der Waals surface area (Å²) in [5.74, 6) is -0.332. The van der Waals surface area contributed by atoms with Gasteiger partial charge in [-0.2, -0.15) is 4.31 Å². The van der Waals surface area contributed by atoms with E-state index in [1.54, 1.807) is 4.90 Å². The molecule has 5 nitrogen and oxygen atoms in total. The highest BCUT2D eigenvalue weighted by molar-refractivity contribution is 7.89. The van der Waals surface area contributed by atoms with Crippen molar-refractivity contribution in [1.82, 2.24) is 9.21 Å². The quantitative estimate of drug-likeness (QED) is 0.789. The molecule has 2 aromatic carbocycles. The van der Waals surface area contributed by atoms with Crippen molar-refractivity contribution in [2.24, 2.45) is 0 Å². The number of nitrogens with zero attached hydrogens (tertiary/aromatic N) is 2. The van der Waals surface area contributed by atoms with E-state index in [1.807, 2.05) is 37.3 Å². The van der Waals surface area contributed by atoms with Crippen molar-refractivity contribution in [2.45, 2.75) is 24.2 Å². The lowest BCUT2D eigenvalue weighted by Crippen LogP contribution is -2.50. The molecule has 1 aliphatic rings. The second kappa shape index (κ2) is 8.19. The van der Waals surface area contributed by atoms with E-state index in [2.05, 4.69) is 0 Å². The van der Waals surface area contributed by atoms with Crippen LogP contribution >= 0.6 is 0 Å². The molecule has 27 heavy (non-hydrogen) atoms. The van der Waals surface area contributed by atoms with E-state index >= 15 is 0 Å². The third-order valence-corrected chi connectivity index (χ3v) is 6.81. The Labute approximate surface area is 159 Å². The zero-order valence-corrected chi connectivity index (χ0v) is 16.0. The number of benzene rings is 2. The van der Waals surface area contributed by atoms with Gasteiger partial charge in [0.2, 0.25) is 15.9 Å². The molecule has 0 saturated carbocycles. The molecule has 1 saturated heterocycles. The fourth-order valence-electron chi connectivity index (χ4n) is 3.22. The van der Waals surface area contributed by atoms with Crippen molar-refractivity contribution in [3.8, 4) is 0 Å². The minimum atomic E-state index is -3.67.